The zero-order chi connectivity index (χ0) is 16.9. The van der Waals surface area contributed by atoms with E-state index in [1.165, 1.54) is 24.3 Å². The lowest BCUT2D eigenvalue weighted by molar-refractivity contribution is -0.274. The summed E-state index contributed by atoms with van der Waals surface area (Å²) in [6, 6.07) is 5.24. The number of ether oxygens (including phenoxy) is 1. The van der Waals surface area contributed by atoms with Gasteiger partial charge in [-0.3, -0.25) is 4.99 Å². The maximum Gasteiger partial charge on any atom is 0.573 e. The summed E-state index contributed by atoms with van der Waals surface area (Å²) in [6.45, 7) is 2.44. The first-order valence-electron chi connectivity index (χ1n) is 6.65. The molecule has 24 heavy (non-hydrogen) atoms. The summed E-state index contributed by atoms with van der Waals surface area (Å²) in [6.07, 6.45) is -2.98. The Morgan fingerprint density at radius 3 is 2.58 bits per heavy atom. The molecule has 0 radical (unpaired) electrons. The second kappa shape index (κ2) is 9.06. The molecule has 0 aliphatic heterocycles. The largest absolute Gasteiger partial charge is 0.573 e. The van der Waals surface area contributed by atoms with Crippen molar-refractivity contribution in [2.75, 3.05) is 11.9 Å². The summed E-state index contributed by atoms with van der Waals surface area (Å²) in [4.78, 5) is 8.40. The molecule has 2 rings (SSSR count). The molecular formula is C14H16F3IN4OS. The second-order valence-corrected chi connectivity index (χ2v) is 5.62. The number of anilines is 1. The highest BCUT2D eigenvalue weighted by Crippen LogP contribution is 2.24. The van der Waals surface area contributed by atoms with Gasteiger partial charge in [-0.1, -0.05) is 6.92 Å². The number of aliphatic imine (C=N–C) groups is 1. The monoisotopic (exact) mass is 472 g/mol. The summed E-state index contributed by atoms with van der Waals surface area (Å²) in [7, 11) is 0. The maximum absolute atomic E-state index is 12.1. The van der Waals surface area contributed by atoms with Crippen LogP contribution < -0.4 is 15.8 Å². The molecule has 0 aliphatic rings. The summed E-state index contributed by atoms with van der Waals surface area (Å²) in [5.74, 6) is 0.0201. The van der Waals surface area contributed by atoms with Crippen LogP contribution in [0.15, 0.2) is 40.8 Å². The quantitative estimate of drug-likeness (QED) is 0.389. The SMILES string of the molecule is CC(CN=C(N)Nc1ccc(OC(F)(F)F)cc1)c1nccs1.I. The zero-order valence-corrected chi connectivity index (χ0v) is 15.7. The molecule has 132 valence electrons. The van der Waals surface area contributed by atoms with Crippen LogP contribution in [-0.4, -0.2) is 23.9 Å². The van der Waals surface area contributed by atoms with Crippen molar-refractivity contribution in [3.63, 3.8) is 0 Å². The smallest absolute Gasteiger partial charge is 0.406 e. The van der Waals surface area contributed by atoms with Gasteiger partial charge in [0.2, 0.25) is 0 Å². The number of hydrogen-bond donors (Lipinski definition) is 2. The third kappa shape index (κ3) is 6.91. The summed E-state index contributed by atoms with van der Waals surface area (Å²) >= 11 is 1.55. The van der Waals surface area contributed by atoms with Crippen LogP contribution in [-0.2, 0) is 0 Å². The molecule has 0 bridgehead atoms. The van der Waals surface area contributed by atoms with Gasteiger partial charge >= 0.3 is 6.36 Å². The summed E-state index contributed by atoms with van der Waals surface area (Å²) in [5.41, 5.74) is 6.27. The van der Waals surface area contributed by atoms with E-state index in [2.05, 4.69) is 20.0 Å². The van der Waals surface area contributed by atoms with Crippen LogP contribution in [0, 0.1) is 0 Å². The molecule has 1 aromatic heterocycles. The average molecular weight is 472 g/mol. The molecule has 0 spiro atoms. The van der Waals surface area contributed by atoms with Crippen molar-refractivity contribution in [3.8, 4) is 5.75 Å². The molecule has 3 N–H and O–H groups in total. The van der Waals surface area contributed by atoms with Crippen molar-refractivity contribution < 1.29 is 17.9 Å². The van der Waals surface area contributed by atoms with Crippen LogP contribution in [0.5, 0.6) is 5.75 Å². The Hall–Kier alpha value is -1.56. The Labute approximate surface area is 158 Å². The summed E-state index contributed by atoms with van der Waals surface area (Å²) in [5, 5.41) is 5.66. The Balaban J connectivity index is 0.00000288. The van der Waals surface area contributed by atoms with E-state index in [1.807, 2.05) is 12.3 Å². The van der Waals surface area contributed by atoms with Crippen LogP contribution in [0.3, 0.4) is 0 Å². The number of aromatic nitrogens is 1. The third-order valence-corrected chi connectivity index (χ3v) is 3.78. The predicted molar refractivity (Wildman–Crippen MR) is 99.2 cm³/mol. The molecular weight excluding hydrogens is 456 g/mol. The lowest BCUT2D eigenvalue weighted by atomic mass is 10.2. The van der Waals surface area contributed by atoms with Crippen molar-refractivity contribution in [1.82, 2.24) is 4.98 Å². The second-order valence-electron chi connectivity index (χ2n) is 4.69. The lowest BCUT2D eigenvalue weighted by Crippen LogP contribution is -2.23. The van der Waals surface area contributed by atoms with Crippen LogP contribution in [0.4, 0.5) is 18.9 Å². The van der Waals surface area contributed by atoms with Crippen LogP contribution in [0.1, 0.15) is 17.8 Å². The van der Waals surface area contributed by atoms with Gasteiger partial charge in [0.05, 0.1) is 11.6 Å². The minimum absolute atomic E-state index is 0. The Morgan fingerprint density at radius 2 is 2.04 bits per heavy atom. The van der Waals surface area contributed by atoms with Gasteiger partial charge in [-0.15, -0.1) is 48.5 Å². The molecule has 1 atom stereocenters. The van der Waals surface area contributed by atoms with Gasteiger partial charge in [0.1, 0.15) is 5.75 Å². The molecule has 0 aliphatic carbocycles. The van der Waals surface area contributed by atoms with Crippen molar-refractivity contribution in [3.05, 3.63) is 40.8 Å². The molecule has 1 aromatic carbocycles. The standard InChI is InChI=1S/C14H15F3N4OS.HI/c1-9(12-19-6-7-23-12)8-20-13(18)21-10-2-4-11(5-3-10)22-14(15,16)17;/h2-7,9H,8H2,1H3,(H3,18,20,21);1H. The first-order valence-corrected chi connectivity index (χ1v) is 7.53. The van der Waals surface area contributed by atoms with Crippen LogP contribution in [0.25, 0.3) is 0 Å². The zero-order valence-electron chi connectivity index (χ0n) is 12.6. The van der Waals surface area contributed by atoms with Crippen molar-refractivity contribution in [2.45, 2.75) is 19.2 Å². The minimum atomic E-state index is -4.71. The van der Waals surface area contributed by atoms with Gasteiger partial charge in [0.15, 0.2) is 5.96 Å². The van der Waals surface area contributed by atoms with Crippen LogP contribution in [0.2, 0.25) is 0 Å². The third-order valence-electron chi connectivity index (χ3n) is 2.77. The van der Waals surface area contributed by atoms with Crippen molar-refractivity contribution in [2.24, 2.45) is 10.7 Å². The normalized spacial score (nSPS) is 13.1. The van der Waals surface area contributed by atoms with Gasteiger partial charge in [-0.05, 0) is 24.3 Å². The fraction of sp³-hybridized carbons (Fsp3) is 0.286. The van der Waals surface area contributed by atoms with E-state index >= 15 is 0 Å². The van der Waals surface area contributed by atoms with Crippen LogP contribution >= 0.6 is 35.3 Å². The molecule has 1 unspecified atom stereocenters. The van der Waals surface area contributed by atoms with Gasteiger partial charge < -0.3 is 15.8 Å². The summed E-state index contributed by atoms with van der Waals surface area (Å²) < 4.78 is 40.0. The van der Waals surface area contributed by atoms with E-state index < -0.39 is 6.36 Å². The molecule has 1 heterocycles. The fourth-order valence-corrected chi connectivity index (χ4v) is 2.41. The molecule has 0 saturated heterocycles. The molecule has 5 nitrogen and oxygen atoms in total. The highest BCUT2D eigenvalue weighted by molar-refractivity contribution is 14.0. The highest BCUT2D eigenvalue weighted by atomic mass is 127. The average Bonchev–Trinajstić information content (AvgIpc) is 2.99. The number of rotatable bonds is 5. The van der Waals surface area contributed by atoms with Crippen molar-refractivity contribution in [1.29, 1.82) is 0 Å². The van der Waals surface area contributed by atoms with E-state index in [0.717, 1.165) is 5.01 Å². The van der Waals surface area contributed by atoms with E-state index in [1.54, 1.807) is 17.5 Å². The number of nitrogens with one attached hydrogen (secondary N) is 1. The van der Waals surface area contributed by atoms with Crippen molar-refractivity contribution >= 4 is 47.0 Å². The number of alkyl halides is 3. The first kappa shape index (κ1) is 20.5. The highest BCUT2D eigenvalue weighted by Gasteiger charge is 2.30. The molecule has 0 fully saturated rings. The number of nitrogens with zero attached hydrogens (tertiary/aromatic N) is 2. The number of nitrogens with two attached hydrogens (primary N) is 1. The van der Waals surface area contributed by atoms with Gasteiger partial charge in [-0.2, -0.15) is 0 Å². The molecule has 10 heteroatoms. The molecule has 0 saturated carbocycles. The van der Waals surface area contributed by atoms with E-state index in [4.69, 9.17) is 5.73 Å². The fourth-order valence-electron chi connectivity index (χ4n) is 1.72. The number of thiazole rings is 1. The number of guanidine groups is 1. The number of halogens is 4. The molecule has 0 amide bonds. The first-order chi connectivity index (χ1) is 10.8. The number of hydrogen-bond acceptors (Lipinski definition) is 4. The topological polar surface area (TPSA) is 72.5 Å². The van der Waals surface area contributed by atoms with Gasteiger partial charge in [-0.25, -0.2) is 4.98 Å². The molecule has 2 aromatic rings. The Bertz CT molecular complexity index is 647. The minimum Gasteiger partial charge on any atom is -0.406 e. The Kier molecular flexibility index (Phi) is 7.73. The van der Waals surface area contributed by atoms with E-state index in [9.17, 15) is 13.2 Å². The van der Waals surface area contributed by atoms with E-state index in [-0.39, 0.29) is 41.6 Å². The number of benzene rings is 1. The van der Waals surface area contributed by atoms with Gasteiger partial charge in [0, 0.05) is 23.2 Å². The lowest BCUT2D eigenvalue weighted by Gasteiger charge is -2.10. The Morgan fingerprint density at radius 1 is 1.38 bits per heavy atom. The predicted octanol–water partition coefficient (Wildman–Crippen LogP) is 4.19. The maximum atomic E-state index is 12.1. The van der Waals surface area contributed by atoms with E-state index in [0.29, 0.717) is 12.2 Å². The van der Waals surface area contributed by atoms with Gasteiger partial charge in [0.25, 0.3) is 0 Å².